The number of aromatic nitrogens is 1. The van der Waals surface area contributed by atoms with Gasteiger partial charge in [0, 0.05) is 23.2 Å². The van der Waals surface area contributed by atoms with Gasteiger partial charge in [-0.1, -0.05) is 30.3 Å². The van der Waals surface area contributed by atoms with E-state index in [0.29, 0.717) is 17.7 Å². The van der Waals surface area contributed by atoms with E-state index in [0.717, 1.165) is 16.5 Å². The molecule has 0 aliphatic heterocycles. The highest BCUT2D eigenvalue weighted by Crippen LogP contribution is 2.20. The predicted octanol–water partition coefficient (Wildman–Crippen LogP) is 2.68. The van der Waals surface area contributed by atoms with Crippen LogP contribution in [0.2, 0.25) is 0 Å². The molecule has 1 heterocycles. The molecular formula is C28H34N4O7. The van der Waals surface area contributed by atoms with Crippen LogP contribution in [0.5, 0.6) is 5.75 Å². The van der Waals surface area contributed by atoms with Gasteiger partial charge in [-0.25, -0.2) is 10.3 Å². The van der Waals surface area contributed by atoms with Crippen molar-refractivity contribution in [2.45, 2.75) is 44.9 Å². The number of carbonyl (C=O) groups is 3. The van der Waals surface area contributed by atoms with E-state index in [2.05, 4.69) is 15.6 Å². The maximum Gasteiger partial charge on any atom is 0.408 e. The second-order valence-electron chi connectivity index (χ2n) is 9.84. The second kappa shape index (κ2) is 13.4. The number of alkyl carbamates (subject to hydrolysis) is 1. The van der Waals surface area contributed by atoms with Crippen molar-refractivity contribution in [1.82, 2.24) is 21.1 Å². The van der Waals surface area contributed by atoms with E-state index in [-0.39, 0.29) is 6.61 Å². The number of aliphatic hydroxyl groups is 1. The highest BCUT2D eigenvalue weighted by atomic mass is 16.6. The fourth-order valence-electron chi connectivity index (χ4n) is 3.74. The number of amides is 3. The van der Waals surface area contributed by atoms with Gasteiger partial charge >= 0.3 is 6.09 Å². The van der Waals surface area contributed by atoms with Gasteiger partial charge in [0.15, 0.2) is 0 Å². The van der Waals surface area contributed by atoms with Crippen LogP contribution in [0, 0.1) is 0 Å². The highest BCUT2D eigenvalue weighted by Gasteiger charge is 2.26. The monoisotopic (exact) mass is 538 g/mol. The van der Waals surface area contributed by atoms with E-state index in [1.54, 1.807) is 45.0 Å². The lowest BCUT2D eigenvalue weighted by atomic mass is 10.0. The second-order valence-corrected chi connectivity index (χ2v) is 9.84. The van der Waals surface area contributed by atoms with Crippen molar-refractivity contribution in [1.29, 1.82) is 0 Å². The van der Waals surface area contributed by atoms with Crippen LogP contribution in [-0.4, -0.2) is 64.1 Å². The largest absolute Gasteiger partial charge is 0.491 e. The van der Waals surface area contributed by atoms with Crippen molar-refractivity contribution < 1.29 is 34.2 Å². The molecule has 6 N–H and O–H groups in total. The molecule has 0 aliphatic carbocycles. The minimum atomic E-state index is -1.22. The van der Waals surface area contributed by atoms with Crippen LogP contribution < -0.4 is 20.9 Å². The van der Waals surface area contributed by atoms with Gasteiger partial charge in [-0.05, 0) is 62.6 Å². The highest BCUT2D eigenvalue weighted by molar-refractivity contribution is 5.90. The number of aliphatic hydroxyl groups excluding tert-OH is 1. The van der Waals surface area contributed by atoms with E-state index < -0.39 is 42.2 Å². The summed E-state index contributed by atoms with van der Waals surface area (Å²) >= 11 is 0. The SMILES string of the molecule is CC(C)(C)OC(=O)N[C@@H](CO)C(=O)N[C@H](COc1ccc(/C=C/C(=O)NO)cc1)Cc1c[nH]c2ccccc12. The van der Waals surface area contributed by atoms with Crippen LogP contribution in [0.15, 0.2) is 60.8 Å². The van der Waals surface area contributed by atoms with Gasteiger partial charge in [-0.3, -0.25) is 14.8 Å². The third kappa shape index (κ3) is 9.16. The number of hydroxylamine groups is 1. The molecule has 0 unspecified atom stereocenters. The van der Waals surface area contributed by atoms with E-state index in [9.17, 15) is 19.5 Å². The first-order valence-corrected chi connectivity index (χ1v) is 12.4. The molecule has 2 atom stereocenters. The van der Waals surface area contributed by atoms with Gasteiger partial charge in [0.1, 0.15) is 24.0 Å². The standard InChI is InChI=1S/C28H34N4O7/c1-28(2,3)39-27(36)31-24(16-33)26(35)30-20(14-19-15-29-23-7-5-4-6-22(19)23)17-38-21-11-8-18(9-12-21)10-13-25(34)32-37/h4-13,15,20,24,29,33,37H,14,16-17H2,1-3H3,(H,30,35)(H,31,36)(H,32,34)/b13-10+/t20-,24-/m0/s1. The molecule has 3 amide bonds. The molecule has 0 saturated carbocycles. The Morgan fingerprint density at radius 1 is 1.05 bits per heavy atom. The van der Waals surface area contributed by atoms with E-state index >= 15 is 0 Å². The number of rotatable bonds is 11. The smallest absolute Gasteiger partial charge is 0.408 e. The lowest BCUT2D eigenvalue weighted by Crippen LogP contribution is -2.53. The lowest BCUT2D eigenvalue weighted by molar-refractivity contribution is -0.125. The maximum atomic E-state index is 13.0. The first-order valence-electron chi connectivity index (χ1n) is 12.4. The average Bonchev–Trinajstić information content (AvgIpc) is 3.31. The van der Waals surface area contributed by atoms with Gasteiger partial charge in [0.2, 0.25) is 5.91 Å². The number of benzene rings is 2. The number of ether oxygens (including phenoxy) is 2. The summed E-state index contributed by atoms with van der Waals surface area (Å²) in [4.78, 5) is 39.6. The van der Waals surface area contributed by atoms with Crippen LogP contribution in [0.25, 0.3) is 17.0 Å². The fraction of sp³-hybridized carbons (Fsp3) is 0.321. The van der Waals surface area contributed by atoms with E-state index in [1.165, 1.54) is 17.6 Å². The van der Waals surface area contributed by atoms with Crippen molar-refractivity contribution >= 4 is 34.9 Å². The maximum absolute atomic E-state index is 13.0. The molecule has 0 radical (unpaired) electrons. The molecular weight excluding hydrogens is 504 g/mol. The summed E-state index contributed by atoms with van der Waals surface area (Å²) < 4.78 is 11.2. The summed E-state index contributed by atoms with van der Waals surface area (Å²) in [6, 6.07) is 12.9. The summed E-state index contributed by atoms with van der Waals surface area (Å²) in [5, 5.41) is 24.6. The molecule has 2 aromatic carbocycles. The molecule has 0 fully saturated rings. The van der Waals surface area contributed by atoms with Crippen LogP contribution >= 0.6 is 0 Å². The third-order valence-corrected chi connectivity index (χ3v) is 5.55. The van der Waals surface area contributed by atoms with Crippen molar-refractivity contribution in [2.75, 3.05) is 13.2 Å². The minimum Gasteiger partial charge on any atom is -0.491 e. The number of hydrogen-bond donors (Lipinski definition) is 6. The fourth-order valence-corrected chi connectivity index (χ4v) is 3.74. The predicted molar refractivity (Wildman–Crippen MR) is 145 cm³/mol. The number of fused-ring (bicyclic) bond motifs is 1. The number of para-hydroxylation sites is 1. The van der Waals surface area contributed by atoms with E-state index in [1.807, 2.05) is 30.5 Å². The van der Waals surface area contributed by atoms with Gasteiger partial charge in [0.05, 0.1) is 12.6 Å². The molecule has 1 aromatic heterocycles. The molecule has 208 valence electrons. The zero-order valence-electron chi connectivity index (χ0n) is 22.1. The Balaban J connectivity index is 1.72. The van der Waals surface area contributed by atoms with E-state index in [4.69, 9.17) is 14.7 Å². The third-order valence-electron chi connectivity index (χ3n) is 5.55. The normalized spacial score (nSPS) is 13.1. The van der Waals surface area contributed by atoms with Crippen LogP contribution in [-0.2, 0) is 20.7 Å². The zero-order chi connectivity index (χ0) is 28.4. The molecule has 0 aliphatic rings. The Kier molecular flexibility index (Phi) is 10.1. The average molecular weight is 539 g/mol. The first-order chi connectivity index (χ1) is 18.6. The summed E-state index contributed by atoms with van der Waals surface area (Å²) in [6.07, 6.45) is 4.19. The molecule has 0 bridgehead atoms. The number of hydrogen-bond acceptors (Lipinski definition) is 7. The van der Waals surface area contributed by atoms with Crippen molar-refractivity contribution in [3.63, 3.8) is 0 Å². The van der Waals surface area contributed by atoms with Crippen molar-refractivity contribution in [2.24, 2.45) is 0 Å². The van der Waals surface area contributed by atoms with Gasteiger partial charge in [-0.15, -0.1) is 0 Å². The number of aromatic amines is 1. The topological polar surface area (TPSA) is 162 Å². The Labute approximate surface area is 226 Å². The number of nitrogens with one attached hydrogen (secondary N) is 4. The quantitative estimate of drug-likeness (QED) is 0.124. The summed E-state index contributed by atoms with van der Waals surface area (Å²) in [6.45, 7) is 4.57. The molecule has 3 aromatic rings. The van der Waals surface area contributed by atoms with Crippen LogP contribution in [0.1, 0.15) is 31.9 Å². The molecule has 0 saturated heterocycles. The Hall–Kier alpha value is -4.35. The Morgan fingerprint density at radius 2 is 1.77 bits per heavy atom. The van der Waals surface area contributed by atoms with Crippen molar-refractivity contribution in [3.05, 3.63) is 71.9 Å². The minimum absolute atomic E-state index is 0.0952. The molecule has 0 spiro atoms. The number of H-pyrrole nitrogens is 1. The van der Waals surface area contributed by atoms with Gasteiger partial charge in [0.25, 0.3) is 5.91 Å². The van der Waals surface area contributed by atoms with Gasteiger partial charge in [-0.2, -0.15) is 0 Å². The summed E-state index contributed by atoms with van der Waals surface area (Å²) in [7, 11) is 0. The Morgan fingerprint density at radius 3 is 2.44 bits per heavy atom. The molecule has 11 heteroatoms. The van der Waals surface area contributed by atoms with Crippen LogP contribution in [0.3, 0.4) is 0 Å². The Bertz CT molecular complexity index is 1300. The van der Waals surface area contributed by atoms with Gasteiger partial charge < -0.3 is 30.2 Å². The summed E-state index contributed by atoms with van der Waals surface area (Å²) in [5.41, 5.74) is 3.39. The first kappa shape index (κ1) is 29.2. The van der Waals surface area contributed by atoms with Crippen LogP contribution in [0.4, 0.5) is 4.79 Å². The molecule has 3 rings (SSSR count). The molecule has 39 heavy (non-hydrogen) atoms. The summed E-state index contributed by atoms with van der Waals surface area (Å²) in [5.74, 6) is -0.699. The lowest BCUT2D eigenvalue weighted by Gasteiger charge is -2.25. The zero-order valence-corrected chi connectivity index (χ0v) is 22.1. The number of carbonyl (C=O) groups excluding carboxylic acids is 3. The van der Waals surface area contributed by atoms with Crippen molar-refractivity contribution in [3.8, 4) is 5.75 Å². The molecule has 11 nitrogen and oxygen atoms in total.